The molecular weight excluding hydrogens is 308 g/mol. The second kappa shape index (κ2) is 6.20. The number of fused-ring (bicyclic) bond motifs is 1. The number of ether oxygens (including phenoxy) is 1. The topological polar surface area (TPSA) is 83.7 Å². The summed E-state index contributed by atoms with van der Waals surface area (Å²) in [5.74, 6) is 2.25. The Morgan fingerprint density at radius 3 is 2.83 bits per heavy atom. The van der Waals surface area contributed by atoms with Crippen LogP contribution in [0.5, 0.6) is 5.75 Å². The SMILES string of the molecule is Cc1cc(C(C)(O)CNC(=O)Nc2ccc3c(c2)CCO3)c(C)o1. The van der Waals surface area contributed by atoms with Crippen LogP contribution >= 0.6 is 0 Å². The van der Waals surface area contributed by atoms with Crippen LogP contribution in [0.1, 0.15) is 29.6 Å². The zero-order valence-corrected chi connectivity index (χ0v) is 14.1. The maximum atomic E-state index is 12.1. The average Bonchev–Trinajstić information content (AvgIpc) is 3.11. The van der Waals surface area contributed by atoms with Gasteiger partial charge in [0, 0.05) is 17.7 Å². The van der Waals surface area contributed by atoms with Gasteiger partial charge in [-0.1, -0.05) is 0 Å². The van der Waals surface area contributed by atoms with Gasteiger partial charge in [0.25, 0.3) is 0 Å². The average molecular weight is 330 g/mol. The first-order valence-electron chi connectivity index (χ1n) is 7.95. The summed E-state index contributed by atoms with van der Waals surface area (Å²) in [7, 11) is 0. The van der Waals surface area contributed by atoms with Gasteiger partial charge in [0.15, 0.2) is 0 Å². The molecule has 3 rings (SSSR count). The predicted molar refractivity (Wildman–Crippen MR) is 90.4 cm³/mol. The quantitative estimate of drug-likeness (QED) is 0.805. The van der Waals surface area contributed by atoms with Gasteiger partial charge in [-0.3, -0.25) is 0 Å². The summed E-state index contributed by atoms with van der Waals surface area (Å²) in [4.78, 5) is 12.1. The van der Waals surface area contributed by atoms with Gasteiger partial charge in [0.05, 0.1) is 13.2 Å². The first-order valence-corrected chi connectivity index (χ1v) is 7.95. The Morgan fingerprint density at radius 1 is 1.33 bits per heavy atom. The number of anilines is 1. The van der Waals surface area contributed by atoms with Crippen molar-refractivity contribution in [2.75, 3.05) is 18.5 Å². The maximum Gasteiger partial charge on any atom is 0.319 e. The lowest BCUT2D eigenvalue weighted by Gasteiger charge is -2.23. The Morgan fingerprint density at radius 2 is 2.12 bits per heavy atom. The number of carbonyl (C=O) groups is 1. The Hall–Kier alpha value is -2.47. The van der Waals surface area contributed by atoms with Crippen LogP contribution in [0, 0.1) is 13.8 Å². The van der Waals surface area contributed by atoms with E-state index in [0.29, 0.717) is 23.6 Å². The van der Waals surface area contributed by atoms with E-state index in [2.05, 4.69) is 10.6 Å². The van der Waals surface area contributed by atoms with Gasteiger partial charge >= 0.3 is 6.03 Å². The van der Waals surface area contributed by atoms with E-state index in [4.69, 9.17) is 9.15 Å². The highest BCUT2D eigenvalue weighted by Gasteiger charge is 2.28. The van der Waals surface area contributed by atoms with Gasteiger partial charge in [-0.15, -0.1) is 0 Å². The molecule has 24 heavy (non-hydrogen) atoms. The molecule has 1 atom stereocenters. The molecule has 6 heteroatoms. The molecular formula is C18H22N2O4. The van der Waals surface area contributed by atoms with E-state index in [9.17, 15) is 9.90 Å². The van der Waals surface area contributed by atoms with Gasteiger partial charge in [-0.2, -0.15) is 0 Å². The van der Waals surface area contributed by atoms with E-state index in [1.165, 1.54) is 0 Å². The van der Waals surface area contributed by atoms with E-state index in [1.54, 1.807) is 26.0 Å². The van der Waals surface area contributed by atoms with Gasteiger partial charge in [-0.25, -0.2) is 4.79 Å². The fraction of sp³-hybridized carbons (Fsp3) is 0.389. The zero-order chi connectivity index (χ0) is 17.3. The van der Waals surface area contributed by atoms with Gasteiger partial charge in [0.1, 0.15) is 22.9 Å². The molecule has 1 unspecified atom stereocenters. The lowest BCUT2D eigenvalue weighted by atomic mass is 9.96. The summed E-state index contributed by atoms with van der Waals surface area (Å²) < 4.78 is 10.9. The molecule has 0 saturated heterocycles. The van der Waals surface area contributed by atoms with Gasteiger partial charge in [0.2, 0.25) is 0 Å². The summed E-state index contributed by atoms with van der Waals surface area (Å²) in [6.45, 7) is 6.02. The standard InChI is InChI=1S/C18H22N2O4/c1-11-8-15(12(2)24-11)18(3,22)10-19-17(21)20-14-4-5-16-13(9-14)6-7-23-16/h4-5,8-9,22H,6-7,10H2,1-3H3,(H2,19,20,21). The van der Waals surface area contributed by atoms with Crippen molar-refractivity contribution in [3.63, 3.8) is 0 Å². The lowest BCUT2D eigenvalue weighted by Crippen LogP contribution is -2.40. The molecule has 0 fully saturated rings. The minimum absolute atomic E-state index is 0.0761. The number of nitrogens with one attached hydrogen (secondary N) is 2. The summed E-state index contributed by atoms with van der Waals surface area (Å²) in [5.41, 5.74) is 1.26. The molecule has 1 aromatic carbocycles. The summed E-state index contributed by atoms with van der Waals surface area (Å²) >= 11 is 0. The first-order chi connectivity index (χ1) is 11.3. The number of furan rings is 1. The van der Waals surface area contributed by atoms with E-state index in [0.717, 1.165) is 23.5 Å². The first kappa shape index (κ1) is 16.4. The molecule has 0 bridgehead atoms. The van der Waals surface area contributed by atoms with Crippen molar-refractivity contribution in [2.24, 2.45) is 0 Å². The number of amides is 2. The third-order valence-corrected chi connectivity index (χ3v) is 4.16. The van der Waals surface area contributed by atoms with Crippen LogP contribution in [0.2, 0.25) is 0 Å². The monoisotopic (exact) mass is 330 g/mol. The predicted octanol–water partition coefficient (Wildman–Crippen LogP) is 2.86. The highest BCUT2D eigenvalue weighted by atomic mass is 16.5. The minimum atomic E-state index is -1.20. The second-order valence-corrected chi connectivity index (χ2v) is 6.33. The maximum absolute atomic E-state index is 12.1. The number of rotatable bonds is 4. The molecule has 0 aliphatic carbocycles. The molecule has 2 heterocycles. The molecule has 2 aromatic rings. The molecule has 3 N–H and O–H groups in total. The second-order valence-electron chi connectivity index (χ2n) is 6.33. The van der Waals surface area contributed by atoms with E-state index < -0.39 is 5.60 Å². The number of carbonyl (C=O) groups excluding carboxylic acids is 1. The van der Waals surface area contributed by atoms with Crippen LogP contribution < -0.4 is 15.4 Å². The van der Waals surface area contributed by atoms with E-state index in [1.807, 2.05) is 19.1 Å². The Balaban J connectivity index is 1.60. The van der Waals surface area contributed by atoms with Crippen LogP contribution in [0.3, 0.4) is 0 Å². The van der Waals surface area contributed by atoms with Crippen molar-refractivity contribution >= 4 is 11.7 Å². The van der Waals surface area contributed by atoms with Gasteiger partial charge < -0.3 is 24.9 Å². The van der Waals surface area contributed by atoms with Crippen molar-refractivity contribution in [2.45, 2.75) is 32.8 Å². The van der Waals surface area contributed by atoms with Crippen LogP contribution in [-0.4, -0.2) is 24.3 Å². The highest BCUT2D eigenvalue weighted by molar-refractivity contribution is 5.89. The van der Waals surface area contributed by atoms with Crippen molar-refractivity contribution < 1.29 is 19.1 Å². The number of hydrogen-bond donors (Lipinski definition) is 3. The Bertz CT molecular complexity index is 764. The Labute approximate surface area is 140 Å². The summed E-state index contributed by atoms with van der Waals surface area (Å²) in [6.07, 6.45) is 0.848. The number of urea groups is 1. The third kappa shape index (κ3) is 3.38. The molecule has 0 saturated carbocycles. The molecule has 0 spiro atoms. The normalized spacial score (nSPS) is 15.3. The van der Waals surface area contributed by atoms with Crippen LogP contribution in [0.25, 0.3) is 0 Å². The molecule has 6 nitrogen and oxygen atoms in total. The largest absolute Gasteiger partial charge is 0.493 e. The Kier molecular flexibility index (Phi) is 4.24. The van der Waals surface area contributed by atoms with Gasteiger partial charge in [-0.05, 0) is 50.6 Å². The minimum Gasteiger partial charge on any atom is -0.493 e. The summed E-state index contributed by atoms with van der Waals surface area (Å²) in [6, 6.07) is 6.97. The molecule has 128 valence electrons. The third-order valence-electron chi connectivity index (χ3n) is 4.16. The molecule has 1 aliphatic heterocycles. The molecule has 0 radical (unpaired) electrons. The van der Waals surface area contributed by atoms with E-state index >= 15 is 0 Å². The fourth-order valence-corrected chi connectivity index (χ4v) is 2.95. The smallest absolute Gasteiger partial charge is 0.319 e. The molecule has 1 aromatic heterocycles. The number of aryl methyl sites for hydroxylation is 2. The zero-order valence-electron chi connectivity index (χ0n) is 14.1. The molecule has 2 amide bonds. The summed E-state index contributed by atoms with van der Waals surface area (Å²) in [5, 5.41) is 16.1. The van der Waals surface area contributed by atoms with Crippen molar-refractivity contribution in [1.29, 1.82) is 0 Å². The highest BCUT2D eigenvalue weighted by Crippen LogP contribution is 2.28. The van der Waals surface area contributed by atoms with Crippen molar-refractivity contribution in [3.8, 4) is 5.75 Å². The number of aliphatic hydroxyl groups is 1. The number of benzene rings is 1. The van der Waals surface area contributed by atoms with Crippen LogP contribution in [-0.2, 0) is 12.0 Å². The number of hydrogen-bond acceptors (Lipinski definition) is 4. The molecule has 1 aliphatic rings. The van der Waals surface area contributed by atoms with Crippen LogP contribution in [0.15, 0.2) is 28.7 Å². The van der Waals surface area contributed by atoms with Crippen molar-refractivity contribution in [1.82, 2.24) is 5.32 Å². The van der Waals surface area contributed by atoms with E-state index in [-0.39, 0.29) is 12.6 Å². The fourth-order valence-electron chi connectivity index (χ4n) is 2.95. The van der Waals surface area contributed by atoms with Crippen LogP contribution in [0.4, 0.5) is 10.5 Å². The lowest BCUT2D eigenvalue weighted by molar-refractivity contribution is 0.0584. The van der Waals surface area contributed by atoms with Crippen molar-refractivity contribution in [3.05, 3.63) is 46.9 Å².